The zero-order valence-electron chi connectivity index (χ0n) is 9.16. The van der Waals surface area contributed by atoms with Gasteiger partial charge in [0.05, 0.1) is 21.7 Å². The van der Waals surface area contributed by atoms with E-state index in [9.17, 15) is 9.18 Å². The third-order valence-electron chi connectivity index (χ3n) is 2.45. The maximum Gasteiger partial charge on any atom is 0.218 e. The smallest absolute Gasteiger partial charge is 0.218 e. The second kappa shape index (κ2) is 5.12. The first kappa shape index (κ1) is 13.1. The molecule has 1 heterocycles. The van der Waals surface area contributed by atoms with E-state index in [4.69, 9.17) is 17.3 Å². The van der Waals surface area contributed by atoms with Gasteiger partial charge in [-0.3, -0.25) is 4.79 Å². The zero-order chi connectivity index (χ0) is 13.3. The van der Waals surface area contributed by atoms with Crippen LogP contribution in [0.1, 0.15) is 5.56 Å². The molecule has 1 aromatic heterocycles. The van der Waals surface area contributed by atoms with Crippen LogP contribution in [0.15, 0.2) is 39.9 Å². The summed E-state index contributed by atoms with van der Waals surface area (Å²) in [5, 5.41) is 0.0700. The summed E-state index contributed by atoms with van der Waals surface area (Å²) in [5.74, 6) is -0.465. The van der Waals surface area contributed by atoms with Gasteiger partial charge in [-0.1, -0.05) is 23.7 Å². The Bertz CT molecular complexity index is 631. The van der Waals surface area contributed by atoms with Crippen molar-refractivity contribution in [3.63, 3.8) is 0 Å². The molecule has 0 unspecified atom stereocenters. The van der Waals surface area contributed by atoms with Crippen LogP contribution in [-0.2, 0) is 6.54 Å². The lowest BCUT2D eigenvalue weighted by Crippen LogP contribution is -2.14. The highest BCUT2D eigenvalue weighted by Gasteiger charge is 2.08. The van der Waals surface area contributed by atoms with Crippen LogP contribution >= 0.6 is 27.5 Å². The van der Waals surface area contributed by atoms with Gasteiger partial charge < -0.3 is 10.3 Å². The van der Waals surface area contributed by atoms with Gasteiger partial charge in [-0.05, 0) is 22.0 Å². The molecule has 0 fully saturated rings. The Kier molecular flexibility index (Phi) is 3.73. The van der Waals surface area contributed by atoms with Crippen LogP contribution in [0.5, 0.6) is 0 Å². The summed E-state index contributed by atoms with van der Waals surface area (Å²) in [4.78, 5) is 11.4. The number of hydrogen-bond acceptors (Lipinski definition) is 2. The van der Waals surface area contributed by atoms with Crippen molar-refractivity contribution in [2.24, 2.45) is 0 Å². The summed E-state index contributed by atoms with van der Waals surface area (Å²) in [7, 11) is 0. The Hall–Kier alpha value is -1.33. The van der Waals surface area contributed by atoms with Gasteiger partial charge in [0.15, 0.2) is 0 Å². The number of benzene rings is 1. The van der Waals surface area contributed by atoms with Crippen molar-refractivity contribution in [2.45, 2.75) is 6.54 Å². The van der Waals surface area contributed by atoms with E-state index in [0.717, 1.165) is 0 Å². The van der Waals surface area contributed by atoms with E-state index >= 15 is 0 Å². The molecule has 94 valence electrons. The third kappa shape index (κ3) is 2.57. The van der Waals surface area contributed by atoms with Crippen LogP contribution < -0.4 is 11.2 Å². The molecule has 0 spiro atoms. The van der Waals surface area contributed by atoms with Gasteiger partial charge >= 0.3 is 0 Å². The van der Waals surface area contributed by atoms with Crippen LogP contribution in [0.4, 0.5) is 10.1 Å². The van der Waals surface area contributed by atoms with E-state index in [0.29, 0.717) is 10.0 Å². The maximum absolute atomic E-state index is 13.7. The van der Waals surface area contributed by atoms with Crippen molar-refractivity contribution < 1.29 is 4.39 Å². The molecule has 0 saturated heterocycles. The molecule has 0 radical (unpaired) electrons. The quantitative estimate of drug-likeness (QED) is 0.919. The monoisotopic (exact) mass is 330 g/mol. The number of pyridine rings is 1. The van der Waals surface area contributed by atoms with Crippen molar-refractivity contribution in [3.8, 4) is 0 Å². The first-order valence-corrected chi connectivity index (χ1v) is 6.24. The van der Waals surface area contributed by atoms with E-state index < -0.39 is 5.82 Å². The minimum absolute atomic E-state index is 0.0700. The summed E-state index contributed by atoms with van der Waals surface area (Å²) in [6.45, 7) is 0.246. The maximum atomic E-state index is 13.7. The average Bonchev–Trinajstić information content (AvgIpc) is 2.32. The van der Waals surface area contributed by atoms with Gasteiger partial charge in [0.2, 0.25) is 5.43 Å². The molecule has 18 heavy (non-hydrogen) atoms. The largest absolute Gasteiger partial charge is 0.394 e. The second-order valence-electron chi connectivity index (χ2n) is 3.78. The molecule has 0 bridgehead atoms. The second-order valence-corrected chi connectivity index (χ2v) is 5.04. The Morgan fingerprint density at radius 1 is 1.39 bits per heavy atom. The molecule has 1 aromatic carbocycles. The first-order chi connectivity index (χ1) is 8.49. The summed E-state index contributed by atoms with van der Waals surface area (Å²) in [6, 6.07) is 4.78. The van der Waals surface area contributed by atoms with E-state index in [-0.39, 0.29) is 22.7 Å². The summed E-state index contributed by atoms with van der Waals surface area (Å²) < 4.78 is 15.7. The molecule has 0 aliphatic carbocycles. The topological polar surface area (TPSA) is 48.0 Å². The number of nitrogen functional groups attached to an aromatic ring is 1. The van der Waals surface area contributed by atoms with Crippen LogP contribution in [-0.4, -0.2) is 4.57 Å². The number of aromatic nitrogens is 1. The zero-order valence-corrected chi connectivity index (χ0v) is 11.5. The molecule has 2 rings (SSSR count). The Morgan fingerprint density at radius 2 is 2.11 bits per heavy atom. The van der Waals surface area contributed by atoms with Crippen molar-refractivity contribution >= 4 is 33.2 Å². The fourth-order valence-electron chi connectivity index (χ4n) is 1.58. The van der Waals surface area contributed by atoms with Crippen molar-refractivity contribution in [3.05, 3.63) is 61.7 Å². The normalized spacial score (nSPS) is 10.6. The van der Waals surface area contributed by atoms with E-state index in [2.05, 4.69) is 15.9 Å². The lowest BCUT2D eigenvalue weighted by molar-refractivity contribution is 0.599. The Labute approximate surface area is 116 Å². The summed E-state index contributed by atoms with van der Waals surface area (Å²) in [5.41, 5.74) is 5.81. The molecule has 3 nitrogen and oxygen atoms in total. The standard InChI is InChI=1S/C12H9BrClFN2O/c13-8-5-17(6-10(16)12(8)18)4-7-2-1-3-9(14)11(7)15/h1-3,5-6H,4,16H2. The van der Waals surface area contributed by atoms with Crippen LogP contribution in [0.3, 0.4) is 0 Å². The van der Waals surface area contributed by atoms with E-state index in [1.807, 2.05) is 0 Å². The van der Waals surface area contributed by atoms with Crippen molar-refractivity contribution in [1.82, 2.24) is 4.57 Å². The third-order valence-corrected chi connectivity index (χ3v) is 3.30. The van der Waals surface area contributed by atoms with Crippen molar-refractivity contribution in [2.75, 3.05) is 5.73 Å². The van der Waals surface area contributed by atoms with Crippen LogP contribution in [0, 0.1) is 5.82 Å². The highest BCUT2D eigenvalue weighted by atomic mass is 79.9. The lowest BCUT2D eigenvalue weighted by Gasteiger charge is -2.09. The number of halogens is 3. The average molecular weight is 332 g/mol. The fourth-order valence-corrected chi connectivity index (χ4v) is 2.26. The number of anilines is 1. The summed E-state index contributed by atoms with van der Waals surface area (Å²) >= 11 is 8.81. The first-order valence-electron chi connectivity index (χ1n) is 5.07. The molecular weight excluding hydrogens is 322 g/mol. The number of hydrogen-bond donors (Lipinski definition) is 1. The minimum Gasteiger partial charge on any atom is -0.394 e. The lowest BCUT2D eigenvalue weighted by atomic mass is 10.2. The molecule has 0 aliphatic heterocycles. The molecule has 2 N–H and O–H groups in total. The van der Waals surface area contributed by atoms with Gasteiger partial charge in [0.1, 0.15) is 5.82 Å². The van der Waals surface area contributed by atoms with E-state index in [1.54, 1.807) is 22.9 Å². The highest BCUT2D eigenvalue weighted by molar-refractivity contribution is 9.10. The molecule has 0 aliphatic rings. The Balaban J connectivity index is 2.40. The van der Waals surface area contributed by atoms with Gasteiger partial charge in [0.25, 0.3) is 0 Å². The van der Waals surface area contributed by atoms with Gasteiger partial charge in [-0.15, -0.1) is 0 Å². The predicted octanol–water partition coefficient (Wildman–Crippen LogP) is 3.03. The number of rotatable bonds is 2. The van der Waals surface area contributed by atoms with Crippen molar-refractivity contribution in [1.29, 1.82) is 0 Å². The molecule has 0 amide bonds. The SMILES string of the molecule is Nc1cn(Cc2cccc(Cl)c2F)cc(Br)c1=O. The predicted molar refractivity (Wildman–Crippen MR) is 73.3 cm³/mol. The van der Waals surface area contributed by atoms with Crippen LogP contribution in [0.2, 0.25) is 5.02 Å². The summed E-state index contributed by atoms with van der Waals surface area (Å²) in [6.07, 6.45) is 3.02. The van der Waals surface area contributed by atoms with E-state index in [1.165, 1.54) is 12.3 Å². The van der Waals surface area contributed by atoms with Gasteiger partial charge in [0, 0.05) is 18.0 Å². The minimum atomic E-state index is -0.465. The molecule has 2 aromatic rings. The fraction of sp³-hybridized carbons (Fsp3) is 0.0833. The number of nitrogens with two attached hydrogens (primary N) is 1. The Morgan fingerprint density at radius 3 is 2.78 bits per heavy atom. The van der Waals surface area contributed by atoms with Gasteiger partial charge in [-0.2, -0.15) is 0 Å². The van der Waals surface area contributed by atoms with Gasteiger partial charge in [-0.25, -0.2) is 4.39 Å². The number of nitrogens with zero attached hydrogens (tertiary/aromatic N) is 1. The molecule has 0 atom stereocenters. The molecule has 0 saturated carbocycles. The molecular formula is C12H9BrClFN2O. The highest BCUT2D eigenvalue weighted by Crippen LogP contribution is 2.19. The van der Waals surface area contributed by atoms with Crippen LogP contribution in [0.25, 0.3) is 0 Å². The molecule has 6 heteroatoms.